The molecule has 0 unspecified atom stereocenters. The van der Waals surface area contributed by atoms with Gasteiger partial charge in [-0.2, -0.15) is 4.98 Å². The number of pyridine rings is 1. The van der Waals surface area contributed by atoms with E-state index in [0.29, 0.717) is 29.3 Å². The van der Waals surface area contributed by atoms with Crippen LogP contribution in [-0.4, -0.2) is 52.7 Å². The Morgan fingerprint density at radius 2 is 1.71 bits per heavy atom. The number of rotatable bonds is 5. The van der Waals surface area contributed by atoms with Crippen molar-refractivity contribution in [2.75, 3.05) is 49.2 Å². The second kappa shape index (κ2) is 9.15. The first-order valence-electron chi connectivity index (χ1n) is 11.5. The van der Waals surface area contributed by atoms with Crippen LogP contribution in [0.25, 0.3) is 11.0 Å². The van der Waals surface area contributed by atoms with Gasteiger partial charge in [0.2, 0.25) is 5.95 Å². The Morgan fingerprint density at radius 1 is 0.971 bits per heavy atom. The highest BCUT2D eigenvalue weighted by molar-refractivity contribution is 5.77. The van der Waals surface area contributed by atoms with E-state index >= 15 is 0 Å². The first-order chi connectivity index (χ1) is 16.5. The second-order valence-electron chi connectivity index (χ2n) is 8.84. The SMILES string of the molecule is CN1CCN(c2ccc(Nc3ncc4cc(Cc5ccccc5N)c(=O)n(C)c4n3)cc2)CC1. The number of benzene rings is 2. The van der Waals surface area contributed by atoms with Gasteiger partial charge in [0.25, 0.3) is 5.56 Å². The quantitative estimate of drug-likeness (QED) is 0.447. The third-order valence-electron chi connectivity index (χ3n) is 6.45. The Kier molecular flexibility index (Phi) is 5.90. The van der Waals surface area contributed by atoms with E-state index < -0.39 is 0 Å². The summed E-state index contributed by atoms with van der Waals surface area (Å²) in [5, 5.41) is 4.07. The van der Waals surface area contributed by atoms with Crippen LogP contribution >= 0.6 is 0 Å². The molecule has 4 aromatic rings. The first-order valence-corrected chi connectivity index (χ1v) is 11.5. The summed E-state index contributed by atoms with van der Waals surface area (Å²) in [7, 11) is 3.90. The Hall–Kier alpha value is -3.91. The molecule has 3 N–H and O–H groups in total. The van der Waals surface area contributed by atoms with Crippen molar-refractivity contribution in [1.82, 2.24) is 19.4 Å². The van der Waals surface area contributed by atoms with Gasteiger partial charge in [-0.1, -0.05) is 18.2 Å². The van der Waals surface area contributed by atoms with E-state index in [1.807, 2.05) is 42.5 Å². The highest BCUT2D eigenvalue weighted by atomic mass is 16.1. The van der Waals surface area contributed by atoms with Gasteiger partial charge in [0.1, 0.15) is 5.65 Å². The van der Waals surface area contributed by atoms with Gasteiger partial charge in [0, 0.05) is 73.9 Å². The predicted molar refractivity (Wildman–Crippen MR) is 138 cm³/mol. The normalized spacial score (nSPS) is 14.5. The van der Waals surface area contributed by atoms with Crippen molar-refractivity contribution in [2.24, 2.45) is 7.05 Å². The fourth-order valence-corrected chi connectivity index (χ4v) is 4.35. The first kappa shape index (κ1) is 21.9. The van der Waals surface area contributed by atoms with Crippen LogP contribution in [0.2, 0.25) is 0 Å². The van der Waals surface area contributed by atoms with Crippen LogP contribution in [0.3, 0.4) is 0 Å². The van der Waals surface area contributed by atoms with Gasteiger partial charge >= 0.3 is 0 Å². The average molecular weight is 456 g/mol. The molecule has 0 radical (unpaired) electrons. The van der Waals surface area contributed by atoms with Crippen molar-refractivity contribution in [3.63, 3.8) is 0 Å². The number of nitrogen functional groups attached to an aromatic ring is 1. The van der Waals surface area contributed by atoms with Crippen molar-refractivity contribution < 1.29 is 0 Å². The van der Waals surface area contributed by atoms with Crippen LogP contribution in [0, 0.1) is 0 Å². The number of likely N-dealkylation sites (N-methyl/N-ethyl adjacent to an activating group) is 1. The van der Waals surface area contributed by atoms with Gasteiger partial charge < -0.3 is 20.9 Å². The van der Waals surface area contributed by atoms with Gasteiger partial charge in [0.05, 0.1) is 0 Å². The molecule has 8 heteroatoms. The topological polar surface area (TPSA) is 92.3 Å². The molecule has 34 heavy (non-hydrogen) atoms. The summed E-state index contributed by atoms with van der Waals surface area (Å²) in [6, 6.07) is 17.8. The van der Waals surface area contributed by atoms with E-state index in [0.717, 1.165) is 42.8 Å². The number of nitrogens with one attached hydrogen (secondary N) is 1. The number of anilines is 4. The minimum Gasteiger partial charge on any atom is -0.398 e. The molecule has 1 aliphatic rings. The standard InChI is InChI=1S/C26H29N7O/c1-31-11-13-33(14-12-31)22-9-7-21(8-10-22)29-26-28-17-20-16-19(25(34)32(2)24(20)30-26)15-18-5-3-4-6-23(18)27/h3-10,16-17H,11-15,27H2,1-2H3,(H,28,29,30). The predicted octanol–water partition coefficient (Wildman–Crippen LogP) is 3.00. The smallest absolute Gasteiger partial charge is 0.255 e. The molecular formula is C26H29N7O. The molecule has 8 nitrogen and oxygen atoms in total. The Morgan fingerprint density at radius 3 is 2.44 bits per heavy atom. The van der Waals surface area contributed by atoms with E-state index in [9.17, 15) is 4.79 Å². The van der Waals surface area contributed by atoms with E-state index in [1.165, 1.54) is 5.69 Å². The maximum atomic E-state index is 13.0. The molecule has 1 saturated heterocycles. The number of aromatic nitrogens is 3. The zero-order valence-electron chi connectivity index (χ0n) is 19.5. The summed E-state index contributed by atoms with van der Waals surface area (Å²) in [5.74, 6) is 0.454. The van der Waals surface area contributed by atoms with E-state index in [2.05, 4.69) is 44.3 Å². The molecule has 174 valence electrons. The number of aryl methyl sites for hydroxylation is 1. The van der Waals surface area contributed by atoms with Crippen molar-refractivity contribution in [2.45, 2.75) is 6.42 Å². The average Bonchev–Trinajstić information content (AvgIpc) is 2.85. The number of para-hydroxylation sites is 1. The molecule has 5 rings (SSSR count). The Bertz CT molecular complexity index is 1370. The summed E-state index contributed by atoms with van der Waals surface area (Å²) in [6.07, 6.45) is 2.22. The molecule has 1 aliphatic heterocycles. The Balaban J connectivity index is 1.36. The lowest BCUT2D eigenvalue weighted by Crippen LogP contribution is -2.44. The second-order valence-corrected chi connectivity index (χ2v) is 8.84. The van der Waals surface area contributed by atoms with Gasteiger partial charge in [-0.3, -0.25) is 9.36 Å². The molecule has 0 amide bonds. The van der Waals surface area contributed by atoms with Gasteiger partial charge in [-0.25, -0.2) is 4.98 Å². The van der Waals surface area contributed by atoms with Crippen molar-refractivity contribution in [3.05, 3.63) is 82.3 Å². The summed E-state index contributed by atoms with van der Waals surface area (Å²) in [4.78, 5) is 26.8. The lowest BCUT2D eigenvalue weighted by atomic mass is 10.0. The number of nitrogens with two attached hydrogens (primary N) is 1. The highest BCUT2D eigenvalue weighted by Crippen LogP contribution is 2.22. The van der Waals surface area contributed by atoms with Crippen LogP contribution < -0.4 is 21.5 Å². The fraction of sp³-hybridized carbons (Fsp3) is 0.269. The van der Waals surface area contributed by atoms with Crippen LogP contribution in [0.15, 0.2) is 65.6 Å². The molecule has 2 aromatic heterocycles. The number of nitrogens with zero attached hydrogens (tertiary/aromatic N) is 5. The van der Waals surface area contributed by atoms with Gasteiger partial charge in [0.15, 0.2) is 0 Å². The number of fused-ring (bicyclic) bond motifs is 1. The zero-order chi connectivity index (χ0) is 23.7. The third-order valence-corrected chi connectivity index (χ3v) is 6.45. The maximum Gasteiger partial charge on any atom is 0.255 e. The molecule has 0 aliphatic carbocycles. The molecule has 1 fully saturated rings. The molecule has 0 saturated carbocycles. The van der Waals surface area contributed by atoms with Gasteiger partial charge in [-0.15, -0.1) is 0 Å². The van der Waals surface area contributed by atoms with E-state index in [-0.39, 0.29) is 5.56 Å². The summed E-state index contributed by atoms with van der Waals surface area (Å²) >= 11 is 0. The van der Waals surface area contributed by atoms with Gasteiger partial charge in [-0.05, 0) is 49.0 Å². The lowest BCUT2D eigenvalue weighted by molar-refractivity contribution is 0.313. The number of hydrogen-bond acceptors (Lipinski definition) is 7. The summed E-state index contributed by atoms with van der Waals surface area (Å²) in [5.41, 5.74) is 11.0. The largest absolute Gasteiger partial charge is 0.398 e. The van der Waals surface area contributed by atoms with Crippen LogP contribution in [0.5, 0.6) is 0 Å². The molecule has 2 aromatic carbocycles. The minimum atomic E-state index is -0.0862. The molecule has 0 spiro atoms. The van der Waals surface area contributed by atoms with Crippen molar-refractivity contribution >= 4 is 34.0 Å². The molecular weight excluding hydrogens is 426 g/mol. The number of hydrogen-bond donors (Lipinski definition) is 2. The monoisotopic (exact) mass is 455 g/mol. The molecule has 0 atom stereocenters. The van der Waals surface area contributed by atoms with E-state index in [4.69, 9.17) is 5.73 Å². The fourth-order valence-electron chi connectivity index (χ4n) is 4.35. The van der Waals surface area contributed by atoms with Crippen molar-refractivity contribution in [1.29, 1.82) is 0 Å². The van der Waals surface area contributed by atoms with E-state index in [1.54, 1.807) is 17.8 Å². The maximum absolute atomic E-state index is 13.0. The van der Waals surface area contributed by atoms with Crippen molar-refractivity contribution in [3.8, 4) is 0 Å². The van der Waals surface area contributed by atoms with Crippen LogP contribution in [0.4, 0.5) is 23.0 Å². The Labute approximate surface area is 198 Å². The highest BCUT2D eigenvalue weighted by Gasteiger charge is 2.15. The summed E-state index contributed by atoms with van der Waals surface area (Å²) in [6.45, 7) is 4.21. The number of piperazine rings is 1. The lowest BCUT2D eigenvalue weighted by Gasteiger charge is -2.34. The minimum absolute atomic E-state index is 0.0862. The summed E-state index contributed by atoms with van der Waals surface area (Å²) < 4.78 is 1.58. The zero-order valence-corrected chi connectivity index (χ0v) is 19.5. The van der Waals surface area contributed by atoms with Crippen LogP contribution in [-0.2, 0) is 13.5 Å². The third kappa shape index (κ3) is 4.45. The molecule has 3 heterocycles. The van der Waals surface area contributed by atoms with Crippen LogP contribution in [0.1, 0.15) is 11.1 Å². The molecule has 0 bridgehead atoms.